The van der Waals surface area contributed by atoms with Gasteiger partial charge in [-0.05, 0) is 25.6 Å². The third kappa shape index (κ3) is 2.68. The fraction of sp³-hybridized carbons (Fsp3) is 0.538. The van der Waals surface area contributed by atoms with Gasteiger partial charge in [0, 0.05) is 19.3 Å². The summed E-state index contributed by atoms with van der Waals surface area (Å²) in [6.07, 6.45) is 0.948. The molecule has 1 saturated heterocycles. The lowest BCUT2D eigenvalue weighted by molar-refractivity contribution is 0.0595. The largest absolute Gasteiger partial charge is 0.465 e. The Morgan fingerprint density at radius 2 is 2.26 bits per heavy atom. The van der Waals surface area contributed by atoms with Crippen molar-refractivity contribution in [2.45, 2.75) is 18.6 Å². The highest BCUT2D eigenvalue weighted by Gasteiger charge is 2.30. The molecule has 1 aromatic heterocycles. The molecule has 0 bridgehead atoms. The maximum absolute atomic E-state index is 14.1. The average molecular weight is 268 g/mol. The van der Waals surface area contributed by atoms with E-state index in [0.29, 0.717) is 13.0 Å². The van der Waals surface area contributed by atoms with Gasteiger partial charge in [-0.2, -0.15) is 0 Å². The van der Waals surface area contributed by atoms with Gasteiger partial charge in [0.1, 0.15) is 11.7 Å². The SMILES string of the molecule is COC(=O)c1cccn([C@H]2CCN(C)C[C@H]2F)c1=O. The highest BCUT2D eigenvalue weighted by Crippen LogP contribution is 2.23. The highest BCUT2D eigenvalue weighted by molar-refractivity contribution is 5.88. The van der Waals surface area contributed by atoms with Crippen molar-refractivity contribution in [2.75, 3.05) is 27.2 Å². The van der Waals surface area contributed by atoms with Crippen LogP contribution in [0.15, 0.2) is 23.1 Å². The topological polar surface area (TPSA) is 51.5 Å². The summed E-state index contributed by atoms with van der Waals surface area (Å²) in [7, 11) is 3.06. The minimum absolute atomic E-state index is 0.0591. The minimum atomic E-state index is -1.12. The summed E-state index contributed by atoms with van der Waals surface area (Å²) in [5.74, 6) is -0.692. The number of hydrogen-bond donors (Lipinski definition) is 0. The molecule has 1 fully saturated rings. The maximum Gasteiger partial charge on any atom is 0.343 e. The molecule has 6 heteroatoms. The highest BCUT2D eigenvalue weighted by atomic mass is 19.1. The summed E-state index contributed by atoms with van der Waals surface area (Å²) in [5.41, 5.74) is -0.553. The number of esters is 1. The Morgan fingerprint density at radius 3 is 2.89 bits per heavy atom. The van der Waals surface area contributed by atoms with Crippen LogP contribution in [0.2, 0.25) is 0 Å². The predicted molar refractivity (Wildman–Crippen MR) is 68.1 cm³/mol. The van der Waals surface area contributed by atoms with Crippen molar-refractivity contribution in [3.05, 3.63) is 34.2 Å². The average Bonchev–Trinajstić information content (AvgIpc) is 2.39. The van der Waals surface area contributed by atoms with Crippen LogP contribution in [0, 0.1) is 0 Å². The molecular weight excluding hydrogens is 251 g/mol. The molecule has 0 amide bonds. The zero-order valence-corrected chi connectivity index (χ0v) is 11.0. The number of carbonyl (C=O) groups excluding carboxylic acids is 1. The number of carbonyl (C=O) groups is 1. The number of likely N-dealkylation sites (tertiary alicyclic amines) is 1. The maximum atomic E-state index is 14.1. The number of nitrogens with zero attached hydrogens (tertiary/aromatic N) is 2. The van der Waals surface area contributed by atoms with Crippen LogP contribution in [0.3, 0.4) is 0 Å². The summed E-state index contributed by atoms with van der Waals surface area (Å²) in [6, 6.07) is 2.44. The van der Waals surface area contributed by atoms with Crippen LogP contribution in [0.4, 0.5) is 4.39 Å². The Labute approximate surface area is 110 Å². The lowest BCUT2D eigenvalue weighted by Crippen LogP contribution is -2.43. The lowest BCUT2D eigenvalue weighted by Gasteiger charge is -2.33. The van der Waals surface area contributed by atoms with E-state index in [9.17, 15) is 14.0 Å². The number of piperidine rings is 1. The van der Waals surface area contributed by atoms with Crippen molar-refractivity contribution >= 4 is 5.97 Å². The van der Waals surface area contributed by atoms with Gasteiger partial charge in [-0.15, -0.1) is 0 Å². The molecule has 0 N–H and O–H groups in total. The normalized spacial score (nSPS) is 24.2. The van der Waals surface area contributed by atoms with Crippen molar-refractivity contribution in [1.29, 1.82) is 0 Å². The summed E-state index contributed by atoms with van der Waals surface area (Å²) in [4.78, 5) is 25.5. The molecule has 104 valence electrons. The first-order valence-corrected chi connectivity index (χ1v) is 6.16. The molecule has 1 aromatic rings. The van der Waals surface area contributed by atoms with E-state index in [0.717, 1.165) is 6.54 Å². The van der Waals surface area contributed by atoms with Crippen molar-refractivity contribution < 1.29 is 13.9 Å². The number of halogens is 1. The van der Waals surface area contributed by atoms with Crippen molar-refractivity contribution in [3.8, 4) is 0 Å². The third-order valence-corrected chi connectivity index (χ3v) is 3.45. The summed E-state index contributed by atoms with van der Waals surface area (Å²) in [5, 5.41) is 0. The third-order valence-electron chi connectivity index (χ3n) is 3.45. The molecular formula is C13H17FN2O3. The molecule has 0 aliphatic carbocycles. The van der Waals surface area contributed by atoms with Gasteiger partial charge in [-0.1, -0.05) is 0 Å². The van der Waals surface area contributed by atoms with Crippen LogP contribution in [0.5, 0.6) is 0 Å². The molecule has 19 heavy (non-hydrogen) atoms. The van der Waals surface area contributed by atoms with Crippen LogP contribution < -0.4 is 5.56 Å². The molecule has 5 nitrogen and oxygen atoms in total. The van der Waals surface area contributed by atoms with Crippen LogP contribution in [-0.4, -0.2) is 48.9 Å². The van der Waals surface area contributed by atoms with E-state index in [2.05, 4.69) is 4.74 Å². The van der Waals surface area contributed by atoms with Gasteiger partial charge in [-0.3, -0.25) is 4.79 Å². The first kappa shape index (κ1) is 13.7. The second kappa shape index (κ2) is 5.52. The second-order valence-electron chi connectivity index (χ2n) is 4.76. The molecule has 0 spiro atoms. The molecule has 2 rings (SSSR count). The van der Waals surface area contributed by atoms with E-state index in [1.54, 1.807) is 6.07 Å². The lowest BCUT2D eigenvalue weighted by atomic mass is 10.0. The van der Waals surface area contributed by atoms with Gasteiger partial charge in [0.15, 0.2) is 0 Å². The van der Waals surface area contributed by atoms with Crippen LogP contribution >= 0.6 is 0 Å². The molecule has 2 atom stereocenters. The van der Waals surface area contributed by atoms with Gasteiger partial charge in [0.05, 0.1) is 13.2 Å². The van der Waals surface area contributed by atoms with E-state index in [1.165, 1.54) is 23.9 Å². The minimum Gasteiger partial charge on any atom is -0.465 e. The fourth-order valence-corrected chi connectivity index (χ4v) is 2.39. The molecule has 2 heterocycles. The summed E-state index contributed by atoms with van der Waals surface area (Å²) < 4.78 is 19.9. The molecule has 0 aromatic carbocycles. The van der Waals surface area contributed by atoms with Gasteiger partial charge < -0.3 is 14.2 Å². The summed E-state index contributed by atoms with van der Waals surface area (Å²) in [6.45, 7) is 1.01. The molecule has 0 radical (unpaired) electrons. The second-order valence-corrected chi connectivity index (χ2v) is 4.76. The first-order chi connectivity index (χ1) is 9.04. The molecule has 0 saturated carbocycles. The van der Waals surface area contributed by atoms with E-state index in [4.69, 9.17) is 0 Å². The van der Waals surface area contributed by atoms with E-state index >= 15 is 0 Å². The van der Waals surface area contributed by atoms with Crippen molar-refractivity contribution in [3.63, 3.8) is 0 Å². The molecule has 0 unspecified atom stereocenters. The number of alkyl halides is 1. The Kier molecular flexibility index (Phi) is 3.99. The first-order valence-electron chi connectivity index (χ1n) is 6.16. The van der Waals surface area contributed by atoms with Crippen LogP contribution in [-0.2, 0) is 4.74 Å². The Bertz CT molecular complexity index is 529. The standard InChI is InChI=1S/C13H17FN2O3/c1-15-7-5-11(10(14)8-15)16-6-3-4-9(12(16)17)13(18)19-2/h3-4,6,10-11H,5,7-8H2,1-2H3/t10-,11+/m1/s1. The number of methoxy groups -OCH3 is 1. The van der Waals surface area contributed by atoms with E-state index in [-0.39, 0.29) is 5.56 Å². The quantitative estimate of drug-likeness (QED) is 0.746. The van der Waals surface area contributed by atoms with E-state index < -0.39 is 23.7 Å². The summed E-state index contributed by atoms with van der Waals surface area (Å²) >= 11 is 0. The Balaban J connectivity index is 2.35. The van der Waals surface area contributed by atoms with Crippen molar-refractivity contribution in [2.24, 2.45) is 0 Å². The Hall–Kier alpha value is -1.69. The zero-order chi connectivity index (χ0) is 14.0. The van der Waals surface area contributed by atoms with Gasteiger partial charge in [-0.25, -0.2) is 9.18 Å². The number of hydrogen-bond acceptors (Lipinski definition) is 4. The number of aromatic nitrogens is 1. The van der Waals surface area contributed by atoms with Crippen LogP contribution in [0.1, 0.15) is 22.8 Å². The number of ether oxygens (including phenoxy) is 1. The van der Waals surface area contributed by atoms with Gasteiger partial charge in [0.2, 0.25) is 0 Å². The number of pyridine rings is 1. The number of rotatable bonds is 2. The van der Waals surface area contributed by atoms with Gasteiger partial charge >= 0.3 is 5.97 Å². The monoisotopic (exact) mass is 268 g/mol. The molecule has 1 aliphatic heterocycles. The van der Waals surface area contributed by atoms with Gasteiger partial charge in [0.25, 0.3) is 5.56 Å². The van der Waals surface area contributed by atoms with Crippen LogP contribution in [0.25, 0.3) is 0 Å². The van der Waals surface area contributed by atoms with E-state index in [1.807, 2.05) is 11.9 Å². The zero-order valence-electron chi connectivity index (χ0n) is 11.0. The predicted octanol–water partition coefficient (Wildman–Crippen LogP) is 0.850. The Morgan fingerprint density at radius 1 is 1.53 bits per heavy atom. The fourth-order valence-electron chi connectivity index (χ4n) is 2.39. The smallest absolute Gasteiger partial charge is 0.343 e. The molecule has 1 aliphatic rings. The van der Waals surface area contributed by atoms with Crippen molar-refractivity contribution in [1.82, 2.24) is 9.47 Å².